The molecular weight excluding hydrogens is 313 g/mol. The van der Waals surface area contributed by atoms with E-state index in [0.717, 1.165) is 31.6 Å². The first-order chi connectivity index (χ1) is 11.5. The van der Waals surface area contributed by atoms with E-state index in [1.165, 1.54) is 30.4 Å². The van der Waals surface area contributed by atoms with Crippen LogP contribution in [0.3, 0.4) is 0 Å². The minimum atomic E-state index is -4.13. The number of hydrogen-bond donors (Lipinski definition) is 0. The molecule has 1 fully saturated rings. The van der Waals surface area contributed by atoms with E-state index in [0.29, 0.717) is 13.0 Å². The fourth-order valence-electron chi connectivity index (χ4n) is 4.19. The van der Waals surface area contributed by atoms with Gasteiger partial charge in [0.25, 0.3) is 0 Å². The third-order valence-corrected chi connectivity index (χ3v) is 5.30. The Kier molecular flexibility index (Phi) is 5.50. The number of piperidine rings is 1. The van der Waals surface area contributed by atoms with Crippen molar-refractivity contribution in [3.8, 4) is 0 Å². The van der Waals surface area contributed by atoms with Crippen molar-refractivity contribution in [2.45, 2.75) is 57.8 Å². The fraction of sp³-hybridized carbons (Fsp3) is 0.684. The van der Waals surface area contributed by atoms with Gasteiger partial charge in [0, 0.05) is 19.1 Å². The number of alkyl halides is 3. The predicted molar refractivity (Wildman–Crippen MR) is 89.9 cm³/mol. The van der Waals surface area contributed by atoms with Gasteiger partial charge in [0.05, 0.1) is 6.54 Å². The van der Waals surface area contributed by atoms with Crippen LogP contribution in [-0.2, 0) is 13.0 Å². The van der Waals surface area contributed by atoms with Gasteiger partial charge in [-0.1, -0.05) is 31.5 Å². The van der Waals surface area contributed by atoms with Gasteiger partial charge in [-0.05, 0) is 55.5 Å². The van der Waals surface area contributed by atoms with E-state index in [-0.39, 0.29) is 6.04 Å². The summed E-state index contributed by atoms with van der Waals surface area (Å²) in [7, 11) is 0. The Labute approximate surface area is 142 Å². The molecule has 0 saturated carbocycles. The van der Waals surface area contributed by atoms with Gasteiger partial charge >= 0.3 is 6.18 Å². The first-order valence-electron chi connectivity index (χ1n) is 9.11. The summed E-state index contributed by atoms with van der Waals surface area (Å²) in [6.45, 7) is 4.96. The zero-order valence-corrected chi connectivity index (χ0v) is 14.4. The number of fused-ring (bicyclic) bond motifs is 1. The van der Waals surface area contributed by atoms with Crippen molar-refractivity contribution in [3.05, 3.63) is 34.9 Å². The second kappa shape index (κ2) is 7.44. The quantitative estimate of drug-likeness (QED) is 0.794. The summed E-state index contributed by atoms with van der Waals surface area (Å²) in [6.07, 6.45) is 1.18. The van der Waals surface area contributed by atoms with E-state index in [4.69, 9.17) is 0 Å². The molecule has 0 amide bonds. The molecule has 2 aliphatic heterocycles. The SMILES string of the molecule is CCC1c2ccc(CN3CCCCC3)cc2CCN1CC(F)(F)F. The highest BCUT2D eigenvalue weighted by molar-refractivity contribution is 5.36. The highest BCUT2D eigenvalue weighted by atomic mass is 19.4. The molecule has 134 valence electrons. The zero-order chi connectivity index (χ0) is 17.2. The van der Waals surface area contributed by atoms with Gasteiger partial charge in [0.1, 0.15) is 0 Å². The van der Waals surface area contributed by atoms with E-state index in [2.05, 4.69) is 23.1 Å². The Morgan fingerprint density at radius 3 is 2.50 bits per heavy atom. The molecule has 1 saturated heterocycles. The molecular formula is C19H27F3N2. The molecule has 2 aliphatic rings. The molecule has 1 aromatic carbocycles. The van der Waals surface area contributed by atoms with Crippen molar-refractivity contribution >= 4 is 0 Å². The lowest BCUT2D eigenvalue weighted by molar-refractivity contribution is -0.152. The summed E-state index contributed by atoms with van der Waals surface area (Å²) in [4.78, 5) is 4.08. The molecule has 1 atom stereocenters. The van der Waals surface area contributed by atoms with E-state index in [1.807, 2.05) is 6.92 Å². The number of hydrogen-bond acceptors (Lipinski definition) is 2. The van der Waals surface area contributed by atoms with Crippen LogP contribution in [0.4, 0.5) is 13.2 Å². The average molecular weight is 340 g/mol. The summed E-state index contributed by atoms with van der Waals surface area (Å²) in [5.41, 5.74) is 3.64. The third kappa shape index (κ3) is 4.31. The first-order valence-corrected chi connectivity index (χ1v) is 9.11. The van der Waals surface area contributed by atoms with Crippen molar-refractivity contribution in [1.82, 2.24) is 9.80 Å². The molecule has 0 aliphatic carbocycles. The van der Waals surface area contributed by atoms with Crippen LogP contribution in [0.2, 0.25) is 0 Å². The van der Waals surface area contributed by atoms with Crippen molar-refractivity contribution < 1.29 is 13.2 Å². The molecule has 0 aromatic heterocycles. The maximum atomic E-state index is 12.8. The first kappa shape index (κ1) is 17.7. The number of halogens is 3. The molecule has 2 nitrogen and oxygen atoms in total. The lowest BCUT2D eigenvalue weighted by Gasteiger charge is -2.37. The predicted octanol–water partition coefficient (Wildman–Crippen LogP) is 4.54. The van der Waals surface area contributed by atoms with Crippen LogP contribution in [0.1, 0.15) is 55.3 Å². The van der Waals surface area contributed by atoms with Crippen molar-refractivity contribution in [3.63, 3.8) is 0 Å². The molecule has 2 heterocycles. The second-order valence-corrected chi connectivity index (χ2v) is 7.13. The maximum absolute atomic E-state index is 12.8. The largest absolute Gasteiger partial charge is 0.401 e. The van der Waals surface area contributed by atoms with Crippen molar-refractivity contribution in [2.24, 2.45) is 0 Å². The normalized spacial score (nSPS) is 23.2. The number of nitrogens with zero attached hydrogens (tertiary/aromatic N) is 2. The minimum absolute atomic E-state index is 0.112. The summed E-state index contributed by atoms with van der Waals surface area (Å²) in [6, 6.07) is 6.31. The summed E-state index contributed by atoms with van der Waals surface area (Å²) >= 11 is 0. The Morgan fingerprint density at radius 2 is 1.83 bits per heavy atom. The molecule has 1 unspecified atom stereocenters. The standard InChI is InChI=1S/C19H27F3N2/c1-2-18-17-7-6-15(13-23-9-4-3-5-10-23)12-16(17)8-11-24(18)14-19(20,21)22/h6-7,12,18H,2-5,8-11,13-14H2,1H3. The molecule has 5 heteroatoms. The van der Waals surface area contributed by atoms with Gasteiger partial charge in [0.15, 0.2) is 0 Å². The lowest BCUT2D eigenvalue weighted by atomic mass is 9.89. The number of benzene rings is 1. The topological polar surface area (TPSA) is 6.48 Å². The fourth-order valence-corrected chi connectivity index (χ4v) is 4.19. The van der Waals surface area contributed by atoms with Crippen LogP contribution in [0.15, 0.2) is 18.2 Å². The zero-order valence-electron chi connectivity index (χ0n) is 14.4. The second-order valence-electron chi connectivity index (χ2n) is 7.13. The maximum Gasteiger partial charge on any atom is 0.401 e. The van der Waals surface area contributed by atoms with Crippen LogP contribution < -0.4 is 0 Å². The monoisotopic (exact) mass is 340 g/mol. The van der Waals surface area contributed by atoms with E-state index in [1.54, 1.807) is 4.90 Å². The van der Waals surface area contributed by atoms with Gasteiger partial charge in [0.2, 0.25) is 0 Å². The number of rotatable bonds is 4. The van der Waals surface area contributed by atoms with E-state index >= 15 is 0 Å². The van der Waals surface area contributed by atoms with E-state index in [9.17, 15) is 13.2 Å². The number of likely N-dealkylation sites (tertiary alicyclic amines) is 1. The van der Waals surface area contributed by atoms with Gasteiger partial charge in [-0.25, -0.2) is 0 Å². The molecule has 0 spiro atoms. The minimum Gasteiger partial charge on any atom is -0.299 e. The van der Waals surface area contributed by atoms with Gasteiger partial charge in [-0.15, -0.1) is 0 Å². The van der Waals surface area contributed by atoms with Gasteiger partial charge < -0.3 is 0 Å². The lowest BCUT2D eigenvalue weighted by Crippen LogP contribution is -2.41. The van der Waals surface area contributed by atoms with Gasteiger partial charge in [-0.3, -0.25) is 9.80 Å². The average Bonchev–Trinajstić information content (AvgIpc) is 2.54. The smallest absolute Gasteiger partial charge is 0.299 e. The highest BCUT2D eigenvalue weighted by Gasteiger charge is 2.36. The molecule has 0 N–H and O–H groups in total. The molecule has 0 radical (unpaired) electrons. The summed E-state index contributed by atoms with van der Waals surface area (Å²) < 4.78 is 38.4. The van der Waals surface area contributed by atoms with Crippen molar-refractivity contribution in [1.29, 1.82) is 0 Å². The molecule has 3 rings (SSSR count). The Hall–Kier alpha value is -1.07. The van der Waals surface area contributed by atoms with Crippen LogP contribution in [0.5, 0.6) is 0 Å². The third-order valence-electron chi connectivity index (χ3n) is 5.30. The molecule has 24 heavy (non-hydrogen) atoms. The van der Waals surface area contributed by atoms with Crippen LogP contribution in [0.25, 0.3) is 0 Å². The summed E-state index contributed by atoms with van der Waals surface area (Å²) in [5, 5.41) is 0. The van der Waals surface area contributed by atoms with Crippen molar-refractivity contribution in [2.75, 3.05) is 26.2 Å². The highest BCUT2D eigenvalue weighted by Crippen LogP contribution is 2.35. The Bertz CT molecular complexity index is 550. The Morgan fingerprint density at radius 1 is 1.08 bits per heavy atom. The van der Waals surface area contributed by atoms with Crippen LogP contribution in [-0.4, -0.2) is 42.2 Å². The Balaban J connectivity index is 1.73. The summed E-state index contributed by atoms with van der Waals surface area (Å²) in [5.74, 6) is 0. The van der Waals surface area contributed by atoms with E-state index < -0.39 is 12.7 Å². The van der Waals surface area contributed by atoms with Gasteiger partial charge in [-0.2, -0.15) is 13.2 Å². The van der Waals surface area contributed by atoms with Crippen LogP contribution >= 0.6 is 0 Å². The van der Waals surface area contributed by atoms with Crippen LogP contribution in [0, 0.1) is 0 Å². The molecule has 1 aromatic rings. The molecule has 0 bridgehead atoms.